The summed E-state index contributed by atoms with van der Waals surface area (Å²) in [5.74, 6) is 4.30. The van der Waals surface area contributed by atoms with Crippen LogP contribution in [0.15, 0.2) is 17.0 Å². The fourth-order valence-corrected chi connectivity index (χ4v) is 3.11. The van der Waals surface area contributed by atoms with E-state index in [2.05, 4.69) is 43.0 Å². The predicted octanol–water partition coefficient (Wildman–Crippen LogP) is 2.79. The number of anilines is 1. The third-order valence-electron chi connectivity index (χ3n) is 2.46. The van der Waals surface area contributed by atoms with Crippen LogP contribution in [0.1, 0.15) is 12.8 Å². The quantitative estimate of drug-likeness (QED) is 0.868. The third-order valence-corrected chi connectivity index (χ3v) is 4.18. The molecule has 0 bridgehead atoms. The smallest absolute Gasteiger partial charge is 0.130 e. The lowest BCUT2D eigenvalue weighted by Gasteiger charge is -2.21. The lowest BCUT2D eigenvalue weighted by molar-refractivity contribution is 0.548. The highest BCUT2D eigenvalue weighted by Gasteiger charge is 2.13. The minimum atomic E-state index is 0.789. The molecule has 5 heteroatoms. The van der Waals surface area contributed by atoms with Gasteiger partial charge in [-0.15, -0.1) is 0 Å². The van der Waals surface area contributed by atoms with Crippen LogP contribution in [-0.2, 0) is 0 Å². The molecule has 1 fully saturated rings. The average molecular weight is 288 g/mol. The van der Waals surface area contributed by atoms with Crippen molar-refractivity contribution in [3.8, 4) is 0 Å². The topological polar surface area (TPSA) is 37.8 Å². The van der Waals surface area contributed by atoms with Crippen molar-refractivity contribution >= 4 is 33.5 Å². The Labute approximate surface area is 103 Å². The van der Waals surface area contributed by atoms with Gasteiger partial charge in [0.15, 0.2) is 0 Å². The number of nitrogens with one attached hydrogen (secondary N) is 1. The Kier molecular flexibility index (Phi) is 4.26. The highest BCUT2D eigenvalue weighted by molar-refractivity contribution is 9.10. The normalized spacial score (nSPS) is 21.3. The lowest BCUT2D eigenvalue weighted by atomic mass is 10.1. The molecule has 0 spiro atoms. The Bertz CT molecular complexity index is 315. The summed E-state index contributed by atoms with van der Waals surface area (Å²) in [5, 5.41) is 3.36. The van der Waals surface area contributed by atoms with Crippen LogP contribution in [0.4, 0.5) is 5.82 Å². The summed E-state index contributed by atoms with van der Waals surface area (Å²) >= 11 is 5.39. The molecule has 0 aromatic carbocycles. The molecule has 82 valence electrons. The molecule has 0 aliphatic carbocycles. The molecule has 2 rings (SSSR count). The average Bonchev–Trinajstić information content (AvgIpc) is 2.28. The van der Waals surface area contributed by atoms with Crippen molar-refractivity contribution in [3.63, 3.8) is 0 Å². The Morgan fingerprint density at radius 3 is 3.20 bits per heavy atom. The van der Waals surface area contributed by atoms with Crippen LogP contribution in [0.5, 0.6) is 0 Å². The van der Waals surface area contributed by atoms with Gasteiger partial charge in [0.2, 0.25) is 0 Å². The maximum Gasteiger partial charge on any atom is 0.130 e. The zero-order chi connectivity index (χ0) is 10.5. The van der Waals surface area contributed by atoms with Gasteiger partial charge in [-0.1, -0.05) is 0 Å². The van der Waals surface area contributed by atoms with Gasteiger partial charge in [0.05, 0.1) is 0 Å². The highest BCUT2D eigenvalue weighted by atomic mass is 79.9. The van der Waals surface area contributed by atoms with Gasteiger partial charge >= 0.3 is 0 Å². The maximum absolute atomic E-state index is 4.16. The SMILES string of the molecule is Brc1cc(NCC2CCCSC2)ncn1. The van der Waals surface area contributed by atoms with E-state index in [1.165, 1.54) is 24.3 Å². The summed E-state index contributed by atoms with van der Waals surface area (Å²) < 4.78 is 0.831. The van der Waals surface area contributed by atoms with Gasteiger partial charge in [-0.05, 0) is 46.2 Å². The molecule has 1 aliphatic heterocycles. The Balaban J connectivity index is 1.81. The minimum Gasteiger partial charge on any atom is -0.370 e. The molecule has 0 radical (unpaired) electrons. The van der Waals surface area contributed by atoms with Crippen LogP contribution in [-0.4, -0.2) is 28.0 Å². The molecule has 1 aromatic heterocycles. The van der Waals surface area contributed by atoms with E-state index in [0.717, 1.165) is 22.9 Å². The largest absolute Gasteiger partial charge is 0.370 e. The van der Waals surface area contributed by atoms with Crippen molar-refractivity contribution in [1.82, 2.24) is 9.97 Å². The van der Waals surface area contributed by atoms with E-state index >= 15 is 0 Å². The molecular weight excluding hydrogens is 274 g/mol. The number of halogens is 1. The Morgan fingerprint density at radius 2 is 2.47 bits per heavy atom. The van der Waals surface area contributed by atoms with Gasteiger partial charge < -0.3 is 5.32 Å². The number of thioether (sulfide) groups is 1. The molecule has 1 aliphatic rings. The molecule has 15 heavy (non-hydrogen) atoms. The monoisotopic (exact) mass is 287 g/mol. The first-order valence-electron chi connectivity index (χ1n) is 5.14. The molecule has 1 N–H and O–H groups in total. The van der Waals surface area contributed by atoms with Crippen LogP contribution >= 0.6 is 27.7 Å². The van der Waals surface area contributed by atoms with E-state index in [0.29, 0.717) is 0 Å². The van der Waals surface area contributed by atoms with Crippen molar-refractivity contribution in [1.29, 1.82) is 0 Å². The van der Waals surface area contributed by atoms with Gasteiger partial charge in [-0.3, -0.25) is 0 Å². The predicted molar refractivity (Wildman–Crippen MR) is 68.3 cm³/mol. The molecule has 1 aromatic rings. The first kappa shape index (κ1) is 11.2. The van der Waals surface area contributed by atoms with E-state index in [-0.39, 0.29) is 0 Å². The number of hydrogen-bond donors (Lipinski definition) is 1. The molecule has 1 atom stereocenters. The Morgan fingerprint density at radius 1 is 1.53 bits per heavy atom. The molecular formula is C10H14BrN3S. The summed E-state index contributed by atoms with van der Waals surface area (Å²) in [6, 6.07) is 1.91. The van der Waals surface area contributed by atoms with Crippen molar-refractivity contribution in [2.24, 2.45) is 5.92 Å². The second-order valence-corrected chi connectivity index (χ2v) is 5.65. The van der Waals surface area contributed by atoms with E-state index in [1.807, 2.05) is 6.07 Å². The van der Waals surface area contributed by atoms with Gasteiger partial charge in [-0.2, -0.15) is 11.8 Å². The molecule has 2 heterocycles. The number of aromatic nitrogens is 2. The fourth-order valence-electron chi connectivity index (χ4n) is 1.65. The molecule has 3 nitrogen and oxygen atoms in total. The van der Waals surface area contributed by atoms with Crippen LogP contribution in [0.3, 0.4) is 0 Å². The maximum atomic E-state index is 4.16. The lowest BCUT2D eigenvalue weighted by Crippen LogP contribution is -2.20. The third kappa shape index (κ3) is 3.65. The molecule has 0 amide bonds. The fraction of sp³-hybridized carbons (Fsp3) is 0.600. The van der Waals surface area contributed by atoms with E-state index < -0.39 is 0 Å². The van der Waals surface area contributed by atoms with Gasteiger partial charge in [0, 0.05) is 12.6 Å². The highest BCUT2D eigenvalue weighted by Crippen LogP contribution is 2.22. The second-order valence-electron chi connectivity index (χ2n) is 3.69. The minimum absolute atomic E-state index is 0.789. The first-order valence-corrected chi connectivity index (χ1v) is 7.08. The summed E-state index contributed by atoms with van der Waals surface area (Å²) in [6.45, 7) is 1.02. The summed E-state index contributed by atoms with van der Waals surface area (Å²) in [6.07, 6.45) is 4.26. The zero-order valence-electron chi connectivity index (χ0n) is 8.45. The zero-order valence-corrected chi connectivity index (χ0v) is 10.9. The molecule has 0 saturated carbocycles. The molecule has 1 unspecified atom stereocenters. The first-order chi connectivity index (χ1) is 7.34. The van der Waals surface area contributed by atoms with Crippen LogP contribution < -0.4 is 5.32 Å². The Hall–Kier alpha value is -0.290. The van der Waals surface area contributed by atoms with Crippen molar-refractivity contribution < 1.29 is 0 Å². The number of nitrogens with zero attached hydrogens (tertiary/aromatic N) is 2. The van der Waals surface area contributed by atoms with Crippen molar-refractivity contribution in [3.05, 3.63) is 17.0 Å². The van der Waals surface area contributed by atoms with Gasteiger partial charge in [0.1, 0.15) is 16.7 Å². The van der Waals surface area contributed by atoms with E-state index in [9.17, 15) is 0 Å². The van der Waals surface area contributed by atoms with Crippen LogP contribution in [0, 0.1) is 5.92 Å². The van der Waals surface area contributed by atoms with Crippen molar-refractivity contribution in [2.45, 2.75) is 12.8 Å². The van der Waals surface area contributed by atoms with Crippen molar-refractivity contribution in [2.75, 3.05) is 23.4 Å². The van der Waals surface area contributed by atoms with E-state index in [4.69, 9.17) is 0 Å². The second kappa shape index (κ2) is 5.70. The van der Waals surface area contributed by atoms with E-state index in [1.54, 1.807) is 6.33 Å². The van der Waals surface area contributed by atoms with Crippen LogP contribution in [0.2, 0.25) is 0 Å². The summed E-state index contributed by atoms with van der Waals surface area (Å²) in [4.78, 5) is 8.16. The number of rotatable bonds is 3. The number of hydrogen-bond acceptors (Lipinski definition) is 4. The molecule has 1 saturated heterocycles. The summed E-state index contributed by atoms with van der Waals surface area (Å²) in [5.41, 5.74) is 0. The summed E-state index contributed by atoms with van der Waals surface area (Å²) in [7, 11) is 0. The standard InChI is InChI=1S/C10H14BrN3S/c11-9-4-10(14-7-13-9)12-5-8-2-1-3-15-6-8/h4,7-8H,1-3,5-6H2,(H,12,13,14). The van der Waals surface area contributed by atoms with Crippen LogP contribution in [0.25, 0.3) is 0 Å². The van der Waals surface area contributed by atoms with Gasteiger partial charge in [-0.25, -0.2) is 9.97 Å². The van der Waals surface area contributed by atoms with Gasteiger partial charge in [0.25, 0.3) is 0 Å².